The minimum Gasteiger partial charge on any atom is -0.497 e. The Bertz CT molecular complexity index is 1190. The second-order valence-corrected chi connectivity index (χ2v) is 10.8. The van der Waals surface area contributed by atoms with Crippen LogP contribution in [0.4, 0.5) is 10.7 Å². The van der Waals surface area contributed by atoms with Gasteiger partial charge in [0.05, 0.1) is 25.5 Å². The quantitative estimate of drug-likeness (QED) is 0.393. The molecule has 34 heavy (non-hydrogen) atoms. The van der Waals surface area contributed by atoms with Crippen molar-refractivity contribution in [2.75, 3.05) is 19.5 Å². The van der Waals surface area contributed by atoms with Crippen LogP contribution >= 0.6 is 11.3 Å². The van der Waals surface area contributed by atoms with E-state index in [4.69, 9.17) is 14.5 Å². The molecule has 0 fully saturated rings. The van der Waals surface area contributed by atoms with Gasteiger partial charge in [-0.3, -0.25) is 4.79 Å². The van der Waals surface area contributed by atoms with Crippen LogP contribution in [-0.2, 0) is 12.8 Å². The maximum atomic E-state index is 13.6. The molecule has 1 atom stereocenters. The first-order chi connectivity index (χ1) is 16.3. The van der Waals surface area contributed by atoms with Gasteiger partial charge in [-0.05, 0) is 78.1 Å². The van der Waals surface area contributed by atoms with Gasteiger partial charge in [0.25, 0.3) is 5.91 Å². The molecule has 6 heteroatoms. The summed E-state index contributed by atoms with van der Waals surface area (Å²) in [6.07, 6.45) is 4.76. The zero-order valence-electron chi connectivity index (χ0n) is 20.5. The summed E-state index contributed by atoms with van der Waals surface area (Å²) < 4.78 is 10.7. The van der Waals surface area contributed by atoms with Gasteiger partial charge in [0, 0.05) is 11.1 Å². The van der Waals surface area contributed by atoms with Gasteiger partial charge in [-0.25, -0.2) is 4.99 Å². The molecule has 1 heterocycles. The Morgan fingerprint density at radius 1 is 1.09 bits per heavy atom. The number of amides is 1. The fourth-order valence-electron chi connectivity index (χ4n) is 4.39. The predicted octanol–water partition coefficient (Wildman–Crippen LogP) is 6.92. The molecule has 0 unspecified atom stereocenters. The second-order valence-electron chi connectivity index (χ2n) is 9.68. The molecule has 2 aromatic carbocycles. The van der Waals surface area contributed by atoms with Crippen molar-refractivity contribution in [2.45, 2.75) is 40.0 Å². The van der Waals surface area contributed by atoms with E-state index < -0.39 is 0 Å². The maximum absolute atomic E-state index is 13.6. The number of fused-ring (bicyclic) bond motifs is 1. The highest BCUT2D eigenvalue weighted by atomic mass is 32.1. The third kappa shape index (κ3) is 5.17. The number of carbonyl (C=O) groups is 1. The summed E-state index contributed by atoms with van der Waals surface area (Å²) in [5, 5.41) is 3.81. The van der Waals surface area contributed by atoms with Crippen molar-refractivity contribution < 1.29 is 14.3 Å². The molecule has 178 valence electrons. The SMILES string of the molecule is COc1ccc(C=Nc2sc3c(c2C(=O)Nc2ccccc2OC)CC[C@@H](C(C)(C)C)C3)cc1. The van der Waals surface area contributed by atoms with E-state index in [1.165, 1.54) is 4.88 Å². The van der Waals surface area contributed by atoms with Crippen LogP contribution in [0.15, 0.2) is 53.5 Å². The van der Waals surface area contributed by atoms with Gasteiger partial charge >= 0.3 is 0 Å². The lowest BCUT2D eigenvalue weighted by molar-refractivity contribution is 0.102. The molecule has 1 aliphatic carbocycles. The van der Waals surface area contributed by atoms with Crippen molar-refractivity contribution in [3.63, 3.8) is 0 Å². The van der Waals surface area contributed by atoms with Crippen LogP contribution in [-0.4, -0.2) is 26.3 Å². The summed E-state index contributed by atoms with van der Waals surface area (Å²) >= 11 is 1.64. The average Bonchev–Trinajstić information content (AvgIpc) is 3.20. The summed E-state index contributed by atoms with van der Waals surface area (Å²) in [5.41, 5.74) is 3.66. The molecule has 3 aromatic rings. The number of anilines is 1. The van der Waals surface area contributed by atoms with Crippen molar-refractivity contribution in [1.82, 2.24) is 0 Å². The largest absolute Gasteiger partial charge is 0.497 e. The molecule has 0 spiro atoms. The highest BCUT2D eigenvalue weighted by Gasteiger charge is 2.33. The number of benzene rings is 2. The molecule has 1 N–H and O–H groups in total. The number of hydrogen-bond donors (Lipinski definition) is 1. The molecule has 1 aromatic heterocycles. The third-order valence-corrected chi connectivity index (χ3v) is 7.66. The van der Waals surface area contributed by atoms with Crippen molar-refractivity contribution in [3.8, 4) is 11.5 Å². The lowest BCUT2D eigenvalue weighted by atomic mass is 9.72. The average molecular weight is 477 g/mol. The molecular formula is C28H32N2O3S. The molecule has 0 bridgehead atoms. The number of ether oxygens (including phenoxy) is 2. The van der Waals surface area contributed by atoms with Crippen LogP contribution in [0.3, 0.4) is 0 Å². The van der Waals surface area contributed by atoms with Gasteiger partial charge in [-0.1, -0.05) is 32.9 Å². The van der Waals surface area contributed by atoms with E-state index >= 15 is 0 Å². The number of hydrogen-bond acceptors (Lipinski definition) is 5. The van der Waals surface area contributed by atoms with E-state index in [1.54, 1.807) is 25.6 Å². The fourth-order valence-corrected chi connectivity index (χ4v) is 5.66. The number of aliphatic imine (C=N–C) groups is 1. The summed E-state index contributed by atoms with van der Waals surface area (Å²) in [4.78, 5) is 19.6. The van der Waals surface area contributed by atoms with Crippen molar-refractivity contribution >= 4 is 34.1 Å². The van der Waals surface area contributed by atoms with Crippen LogP contribution < -0.4 is 14.8 Å². The first-order valence-corrected chi connectivity index (χ1v) is 12.4. The van der Waals surface area contributed by atoms with E-state index in [-0.39, 0.29) is 11.3 Å². The van der Waals surface area contributed by atoms with Gasteiger partial charge in [0.1, 0.15) is 16.5 Å². The minimum absolute atomic E-state index is 0.141. The Morgan fingerprint density at radius 2 is 1.82 bits per heavy atom. The molecular weight excluding hydrogens is 444 g/mol. The smallest absolute Gasteiger partial charge is 0.259 e. The first kappa shape index (κ1) is 24.0. The number of carbonyl (C=O) groups excluding carboxylic acids is 1. The summed E-state index contributed by atoms with van der Waals surface area (Å²) in [5.74, 6) is 1.88. The highest BCUT2D eigenvalue weighted by molar-refractivity contribution is 7.16. The minimum atomic E-state index is -0.141. The molecule has 0 aliphatic heterocycles. The lowest BCUT2D eigenvalue weighted by Crippen LogP contribution is -2.27. The van der Waals surface area contributed by atoms with E-state index in [2.05, 4.69) is 26.1 Å². The predicted molar refractivity (Wildman–Crippen MR) is 140 cm³/mol. The number of para-hydroxylation sites is 2. The van der Waals surface area contributed by atoms with E-state index in [0.717, 1.165) is 41.1 Å². The lowest BCUT2D eigenvalue weighted by Gasteiger charge is -2.33. The van der Waals surface area contributed by atoms with Crippen LogP contribution in [0, 0.1) is 11.3 Å². The van der Waals surface area contributed by atoms with Gasteiger partial charge < -0.3 is 14.8 Å². The van der Waals surface area contributed by atoms with Crippen LogP contribution in [0.5, 0.6) is 11.5 Å². The number of methoxy groups -OCH3 is 2. The fraction of sp³-hybridized carbons (Fsp3) is 0.357. The van der Waals surface area contributed by atoms with Crippen molar-refractivity contribution in [1.29, 1.82) is 0 Å². The first-order valence-electron chi connectivity index (χ1n) is 11.6. The van der Waals surface area contributed by atoms with E-state index in [0.29, 0.717) is 22.9 Å². The Balaban J connectivity index is 1.70. The maximum Gasteiger partial charge on any atom is 0.259 e. The van der Waals surface area contributed by atoms with Crippen LogP contribution in [0.1, 0.15) is 53.6 Å². The molecule has 0 saturated heterocycles. The molecule has 0 radical (unpaired) electrons. The summed E-state index contributed by atoms with van der Waals surface area (Å²) in [6, 6.07) is 15.2. The Labute approximate surface area is 205 Å². The summed E-state index contributed by atoms with van der Waals surface area (Å²) in [6.45, 7) is 6.90. The van der Waals surface area contributed by atoms with E-state index in [9.17, 15) is 4.79 Å². The normalized spacial score (nSPS) is 15.7. The molecule has 4 rings (SSSR count). The zero-order chi connectivity index (χ0) is 24.3. The molecule has 1 amide bonds. The molecule has 1 aliphatic rings. The van der Waals surface area contributed by atoms with Crippen molar-refractivity contribution in [3.05, 3.63) is 70.1 Å². The van der Waals surface area contributed by atoms with Gasteiger partial charge in [0.15, 0.2) is 0 Å². The molecule has 5 nitrogen and oxygen atoms in total. The van der Waals surface area contributed by atoms with Crippen LogP contribution in [0.2, 0.25) is 0 Å². The topological polar surface area (TPSA) is 59.9 Å². The summed E-state index contributed by atoms with van der Waals surface area (Å²) in [7, 11) is 3.26. The standard InChI is InChI=1S/C28H32N2O3S/c1-28(2,3)19-12-15-21-24(16-19)34-27(29-17-18-10-13-20(32-4)14-11-18)25(21)26(31)30-22-8-6-7-9-23(22)33-5/h6-11,13-14,17,19H,12,15-16H2,1-5H3,(H,30,31)/t19-/m1/s1. The van der Waals surface area contributed by atoms with Crippen LogP contribution in [0.25, 0.3) is 0 Å². The highest BCUT2D eigenvalue weighted by Crippen LogP contribution is 2.45. The Morgan fingerprint density at radius 3 is 2.50 bits per heavy atom. The van der Waals surface area contributed by atoms with Gasteiger partial charge in [-0.15, -0.1) is 11.3 Å². The van der Waals surface area contributed by atoms with E-state index in [1.807, 2.05) is 54.7 Å². The monoisotopic (exact) mass is 476 g/mol. The Hall–Kier alpha value is -3.12. The number of thiophene rings is 1. The Kier molecular flexibility index (Phi) is 7.08. The third-order valence-electron chi connectivity index (χ3n) is 6.50. The number of rotatable bonds is 6. The second kappa shape index (κ2) is 10.0. The zero-order valence-corrected chi connectivity index (χ0v) is 21.3. The van der Waals surface area contributed by atoms with Crippen molar-refractivity contribution in [2.24, 2.45) is 16.3 Å². The van der Waals surface area contributed by atoms with Gasteiger partial charge in [-0.2, -0.15) is 0 Å². The number of nitrogens with one attached hydrogen (secondary N) is 1. The number of nitrogens with zero attached hydrogens (tertiary/aromatic N) is 1. The molecule has 0 saturated carbocycles. The van der Waals surface area contributed by atoms with Gasteiger partial charge in [0.2, 0.25) is 0 Å².